The van der Waals surface area contributed by atoms with Crippen molar-refractivity contribution in [1.82, 2.24) is 4.90 Å². The molecule has 1 aliphatic rings. The van der Waals surface area contributed by atoms with Crippen molar-refractivity contribution >= 4 is 5.97 Å². The summed E-state index contributed by atoms with van der Waals surface area (Å²) < 4.78 is 38.4. The van der Waals surface area contributed by atoms with E-state index in [-0.39, 0.29) is 13.0 Å². The molecule has 0 saturated carbocycles. The fraction of sp³-hybridized carbons (Fsp3) is 0.500. The van der Waals surface area contributed by atoms with Gasteiger partial charge < -0.3 is 5.11 Å². The number of piperidine rings is 1. The number of hydrogen-bond acceptors (Lipinski definition) is 2. The van der Waals surface area contributed by atoms with Crippen LogP contribution in [0.4, 0.5) is 13.2 Å². The Kier molecular flexibility index (Phi) is 4.32. The molecule has 0 spiro atoms. The van der Waals surface area contributed by atoms with Crippen LogP contribution in [0.1, 0.15) is 24.4 Å². The highest BCUT2D eigenvalue weighted by Crippen LogP contribution is 2.36. The van der Waals surface area contributed by atoms with Crippen molar-refractivity contribution in [2.45, 2.75) is 25.1 Å². The SMILES string of the molecule is O=C(O)C(c1ccccc1)N1CCCC(C(F)(F)F)C1. The van der Waals surface area contributed by atoms with Gasteiger partial charge in [-0.2, -0.15) is 13.2 Å². The maximum absolute atomic E-state index is 12.8. The molecule has 0 bridgehead atoms. The molecule has 1 N–H and O–H groups in total. The molecule has 2 rings (SSSR count). The van der Waals surface area contributed by atoms with E-state index in [0.717, 1.165) is 0 Å². The third-order valence-electron chi connectivity index (χ3n) is 3.63. The van der Waals surface area contributed by atoms with Gasteiger partial charge in [0.15, 0.2) is 0 Å². The molecule has 2 unspecified atom stereocenters. The Bertz CT molecular complexity index is 461. The zero-order valence-electron chi connectivity index (χ0n) is 10.8. The minimum absolute atomic E-state index is 0.0706. The van der Waals surface area contributed by atoms with Crippen LogP contribution in [0.5, 0.6) is 0 Å². The lowest BCUT2D eigenvalue weighted by Gasteiger charge is -2.37. The largest absolute Gasteiger partial charge is 0.480 e. The van der Waals surface area contributed by atoms with E-state index in [1.165, 1.54) is 4.90 Å². The van der Waals surface area contributed by atoms with Gasteiger partial charge in [0.2, 0.25) is 0 Å². The molecule has 1 aromatic rings. The van der Waals surface area contributed by atoms with E-state index in [0.29, 0.717) is 18.5 Å². The first kappa shape index (κ1) is 14.8. The summed E-state index contributed by atoms with van der Waals surface area (Å²) in [6.45, 7) is 0.119. The molecule has 1 fully saturated rings. The number of rotatable bonds is 3. The van der Waals surface area contributed by atoms with E-state index in [2.05, 4.69) is 0 Å². The van der Waals surface area contributed by atoms with Crippen LogP contribution in [-0.4, -0.2) is 35.2 Å². The van der Waals surface area contributed by atoms with E-state index < -0.39 is 24.1 Å². The second-order valence-electron chi connectivity index (χ2n) is 5.03. The summed E-state index contributed by atoms with van der Waals surface area (Å²) >= 11 is 0. The van der Waals surface area contributed by atoms with Crippen LogP contribution in [-0.2, 0) is 4.79 Å². The van der Waals surface area contributed by atoms with E-state index in [9.17, 15) is 23.1 Å². The zero-order valence-corrected chi connectivity index (χ0v) is 10.8. The Morgan fingerprint density at radius 2 is 1.95 bits per heavy atom. The van der Waals surface area contributed by atoms with Gasteiger partial charge in [-0.15, -0.1) is 0 Å². The molecule has 20 heavy (non-hydrogen) atoms. The number of benzene rings is 1. The van der Waals surface area contributed by atoms with Crippen molar-refractivity contribution in [2.24, 2.45) is 5.92 Å². The molecule has 110 valence electrons. The third-order valence-corrected chi connectivity index (χ3v) is 3.63. The van der Waals surface area contributed by atoms with Crippen molar-refractivity contribution in [3.63, 3.8) is 0 Å². The number of carboxylic acid groups (broad SMARTS) is 1. The van der Waals surface area contributed by atoms with Crippen molar-refractivity contribution in [3.05, 3.63) is 35.9 Å². The Balaban J connectivity index is 2.20. The Labute approximate surface area is 115 Å². The lowest BCUT2D eigenvalue weighted by atomic mass is 9.94. The van der Waals surface area contributed by atoms with Gasteiger partial charge in [0.25, 0.3) is 0 Å². The molecule has 1 aromatic carbocycles. The summed E-state index contributed by atoms with van der Waals surface area (Å²) in [6.07, 6.45) is -3.83. The maximum atomic E-state index is 12.8. The molecule has 1 aliphatic heterocycles. The number of hydrogen-bond donors (Lipinski definition) is 1. The Morgan fingerprint density at radius 1 is 1.30 bits per heavy atom. The first-order valence-corrected chi connectivity index (χ1v) is 6.48. The number of aliphatic carboxylic acids is 1. The highest BCUT2D eigenvalue weighted by atomic mass is 19.4. The van der Waals surface area contributed by atoms with Gasteiger partial charge >= 0.3 is 12.1 Å². The number of carbonyl (C=O) groups is 1. The monoisotopic (exact) mass is 287 g/mol. The van der Waals surface area contributed by atoms with Crippen LogP contribution in [0.15, 0.2) is 30.3 Å². The fourth-order valence-corrected chi connectivity index (χ4v) is 2.65. The highest BCUT2D eigenvalue weighted by Gasteiger charge is 2.44. The Morgan fingerprint density at radius 3 is 2.50 bits per heavy atom. The molecule has 1 heterocycles. The predicted molar refractivity (Wildman–Crippen MR) is 67.2 cm³/mol. The van der Waals surface area contributed by atoms with E-state index in [1.54, 1.807) is 30.3 Å². The first-order chi connectivity index (χ1) is 9.39. The summed E-state index contributed by atoms with van der Waals surface area (Å²) in [5.41, 5.74) is 0.517. The topological polar surface area (TPSA) is 40.5 Å². The second kappa shape index (κ2) is 5.83. The lowest BCUT2D eigenvalue weighted by molar-refractivity contribution is -0.190. The molecule has 0 aliphatic carbocycles. The van der Waals surface area contributed by atoms with Gasteiger partial charge in [0.1, 0.15) is 6.04 Å². The highest BCUT2D eigenvalue weighted by molar-refractivity contribution is 5.75. The maximum Gasteiger partial charge on any atom is 0.393 e. The average molecular weight is 287 g/mol. The molecule has 0 aromatic heterocycles. The zero-order chi connectivity index (χ0) is 14.8. The number of nitrogens with zero attached hydrogens (tertiary/aromatic N) is 1. The smallest absolute Gasteiger partial charge is 0.393 e. The van der Waals surface area contributed by atoms with Crippen LogP contribution >= 0.6 is 0 Å². The normalized spacial score (nSPS) is 22.4. The third kappa shape index (κ3) is 3.30. The summed E-state index contributed by atoms with van der Waals surface area (Å²) in [6, 6.07) is 7.39. The molecule has 6 heteroatoms. The molecule has 0 radical (unpaired) electrons. The van der Waals surface area contributed by atoms with Crippen LogP contribution in [0.25, 0.3) is 0 Å². The van der Waals surface area contributed by atoms with Gasteiger partial charge in [-0.3, -0.25) is 9.69 Å². The number of alkyl halides is 3. The minimum atomic E-state index is -4.27. The van der Waals surface area contributed by atoms with Gasteiger partial charge in [-0.25, -0.2) is 0 Å². The van der Waals surface area contributed by atoms with E-state index in [4.69, 9.17) is 0 Å². The van der Waals surface area contributed by atoms with Gasteiger partial charge in [-0.05, 0) is 24.9 Å². The summed E-state index contributed by atoms with van der Waals surface area (Å²) in [5.74, 6) is -2.55. The van der Waals surface area contributed by atoms with Crippen LogP contribution in [0.3, 0.4) is 0 Å². The Hall–Kier alpha value is -1.56. The van der Waals surface area contributed by atoms with E-state index in [1.807, 2.05) is 0 Å². The van der Waals surface area contributed by atoms with Crippen LogP contribution in [0.2, 0.25) is 0 Å². The molecular formula is C14H16F3NO2. The van der Waals surface area contributed by atoms with Crippen molar-refractivity contribution in [3.8, 4) is 0 Å². The molecule has 2 atom stereocenters. The second-order valence-corrected chi connectivity index (χ2v) is 5.03. The van der Waals surface area contributed by atoms with Gasteiger partial charge in [-0.1, -0.05) is 30.3 Å². The van der Waals surface area contributed by atoms with Crippen molar-refractivity contribution in [2.75, 3.05) is 13.1 Å². The average Bonchev–Trinajstić information content (AvgIpc) is 2.39. The minimum Gasteiger partial charge on any atom is -0.480 e. The number of halogens is 3. The quantitative estimate of drug-likeness (QED) is 0.928. The van der Waals surface area contributed by atoms with Crippen molar-refractivity contribution < 1.29 is 23.1 Å². The molecular weight excluding hydrogens is 271 g/mol. The number of carboxylic acids is 1. The van der Waals surface area contributed by atoms with Crippen LogP contribution in [0, 0.1) is 5.92 Å². The molecule has 0 amide bonds. The summed E-state index contributed by atoms with van der Waals surface area (Å²) in [7, 11) is 0. The summed E-state index contributed by atoms with van der Waals surface area (Å²) in [5, 5.41) is 9.35. The molecule has 3 nitrogen and oxygen atoms in total. The first-order valence-electron chi connectivity index (χ1n) is 6.48. The van der Waals surface area contributed by atoms with Gasteiger partial charge in [0.05, 0.1) is 5.92 Å². The predicted octanol–water partition coefficient (Wildman–Crippen LogP) is 3.09. The number of likely N-dealkylation sites (tertiary alicyclic amines) is 1. The summed E-state index contributed by atoms with van der Waals surface area (Å²) in [4.78, 5) is 12.8. The van der Waals surface area contributed by atoms with Gasteiger partial charge in [0, 0.05) is 6.54 Å². The fourth-order valence-electron chi connectivity index (χ4n) is 2.65. The van der Waals surface area contributed by atoms with E-state index >= 15 is 0 Å². The standard InChI is InChI=1S/C14H16F3NO2/c15-14(16,17)11-7-4-8-18(9-11)12(13(19)20)10-5-2-1-3-6-10/h1-3,5-6,11-12H,4,7-9H2,(H,19,20). The van der Waals surface area contributed by atoms with Crippen molar-refractivity contribution in [1.29, 1.82) is 0 Å². The molecule has 1 saturated heterocycles. The lowest BCUT2D eigenvalue weighted by Crippen LogP contribution is -2.45. The van der Waals surface area contributed by atoms with Crippen LogP contribution < -0.4 is 0 Å².